The van der Waals surface area contributed by atoms with Crippen LogP contribution in [0, 0.1) is 0 Å². The van der Waals surface area contributed by atoms with E-state index in [1.165, 1.54) is 0 Å². The van der Waals surface area contributed by atoms with Crippen molar-refractivity contribution in [2.45, 2.75) is 12.1 Å². The van der Waals surface area contributed by atoms with Gasteiger partial charge in [-0.1, -0.05) is 127 Å². The van der Waals surface area contributed by atoms with Crippen LogP contribution in [-0.4, -0.2) is 17.7 Å². The number of carboxylic acids is 1. The Bertz CT molecular complexity index is 1690. The molecule has 210 valence electrons. The van der Waals surface area contributed by atoms with Crippen molar-refractivity contribution in [1.82, 2.24) is 0 Å². The van der Waals surface area contributed by atoms with Gasteiger partial charge in [0.05, 0.1) is 0 Å². The first-order valence-electron chi connectivity index (χ1n) is 14.4. The lowest BCUT2D eigenvalue weighted by molar-refractivity contribution is -0.677. The van der Waals surface area contributed by atoms with Crippen LogP contribution in [-0.2, 0) is 21.7 Å². The van der Waals surface area contributed by atoms with E-state index < -0.39 is 11.6 Å². The molecule has 0 fully saturated rings. The van der Waals surface area contributed by atoms with Gasteiger partial charge in [-0.05, 0) is 46.5 Å². The average Bonchev–Trinajstić information content (AvgIpc) is 3.08. The number of nitrogens with zero attached hydrogens (tertiary/aromatic N) is 1. The number of aromatic nitrogens is 1. The van der Waals surface area contributed by atoms with Crippen LogP contribution in [0.5, 0.6) is 0 Å². The molecule has 43 heavy (non-hydrogen) atoms. The van der Waals surface area contributed by atoms with Gasteiger partial charge in [-0.25, -0.2) is 4.79 Å². The largest absolute Gasteiger partial charge is 0.479 e. The van der Waals surface area contributed by atoms with E-state index in [9.17, 15) is 9.90 Å². The fraction of sp³-hybridized carbons (Fsp3) is 0.0769. The molecule has 0 spiro atoms. The zero-order valence-electron chi connectivity index (χ0n) is 23.7. The van der Waals surface area contributed by atoms with E-state index in [0.29, 0.717) is 17.7 Å². The van der Waals surface area contributed by atoms with Gasteiger partial charge in [-0.15, -0.1) is 0 Å². The Balaban J connectivity index is 1.48. The number of aliphatic carboxylic acids is 1. The molecule has 6 aromatic rings. The first-order valence-corrected chi connectivity index (χ1v) is 14.4. The fourth-order valence-corrected chi connectivity index (χ4v) is 5.63. The predicted octanol–water partition coefficient (Wildman–Crippen LogP) is 8.02. The van der Waals surface area contributed by atoms with Gasteiger partial charge in [0, 0.05) is 23.3 Å². The number of benzene rings is 5. The molecule has 0 aliphatic rings. The van der Waals surface area contributed by atoms with Crippen molar-refractivity contribution >= 4 is 5.97 Å². The standard InChI is InChI=1S/C39H31NO3/c41-38(42)39(34-22-12-4-13-23-34,35-24-14-5-15-25-35)43-27-26-40-36(31-18-8-2-9-19-31)28-33(30-16-6-1-7-17-30)29-37(40)32-20-10-3-11-21-32/h1-25,28-29H,26-27H2/p+1. The topological polar surface area (TPSA) is 50.4 Å². The Morgan fingerprint density at radius 1 is 0.535 bits per heavy atom. The van der Waals surface area contributed by atoms with Gasteiger partial charge in [0.2, 0.25) is 17.0 Å². The zero-order chi connectivity index (χ0) is 29.5. The molecule has 1 aromatic heterocycles. The van der Waals surface area contributed by atoms with Crippen LogP contribution in [0.3, 0.4) is 0 Å². The van der Waals surface area contributed by atoms with Crippen molar-refractivity contribution in [1.29, 1.82) is 0 Å². The minimum Gasteiger partial charge on any atom is -0.479 e. The number of hydrogen-bond donors (Lipinski definition) is 1. The highest BCUT2D eigenvalue weighted by Gasteiger charge is 2.44. The van der Waals surface area contributed by atoms with Crippen LogP contribution >= 0.6 is 0 Å². The molecule has 1 N–H and O–H groups in total. The summed E-state index contributed by atoms with van der Waals surface area (Å²) >= 11 is 0. The third-order valence-electron chi connectivity index (χ3n) is 7.71. The number of rotatable bonds is 10. The third kappa shape index (κ3) is 5.74. The van der Waals surface area contributed by atoms with Crippen molar-refractivity contribution in [2.24, 2.45) is 0 Å². The molecule has 4 nitrogen and oxygen atoms in total. The maximum absolute atomic E-state index is 13.1. The van der Waals surface area contributed by atoms with E-state index >= 15 is 0 Å². The van der Waals surface area contributed by atoms with Crippen molar-refractivity contribution in [3.63, 3.8) is 0 Å². The SMILES string of the molecule is O=C(O)C(OCC[n+]1c(-c2ccccc2)cc(-c2ccccc2)cc1-c1ccccc1)(c1ccccc1)c1ccccc1. The summed E-state index contributed by atoms with van der Waals surface area (Å²) in [6.07, 6.45) is 0. The van der Waals surface area contributed by atoms with Gasteiger partial charge in [0.25, 0.3) is 0 Å². The second-order valence-electron chi connectivity index (χ2n) is 10.3. The Kier molecular flexibility index (Phi) is 8.21. The fourth-order valence-electron chi connectivity index (χ4n) is 5.63. The Hall–Kier alpha value is -5.32. The molecule has 0 unspecified atom stereocenters. The number of carboxylic acid groups (broad SMARTS) is 1. The Labute approximate surface area is 252 Å². The molecule has 1 heterocycles. The summed E-state index contributed by atoms with van der Waals surface area (Å²) in [5.74, 6) is -1.05. The van der Waals surface area contributed by atoms with Crippen molar-refractivity contribution < 1.29 is 19.2 Å². The maximum atomic E-state index is 13.1. The van der Waals surface area contributed by atoms with Crippen LogP contribution in [0.1, 0.15) is 11.1 Å². The number of pyridine rings is 1. The summed E-state index contributed by atoms with van der Waals surface area (Å²) < 4.78 is 8.78. The Morgan fingerprint density at radius 3 is 1.30 bits per heavy atom. The molecule has 0 radical (unpaired) electrons. The van der Waals surface area contributed by atoms with Gasteiger partial charge >= 0.3 is 5.97 Å². The number of hydrogen-bond acceptors (Lipinski definition) is 2. The minimum absolute atomic E-state index is 0.158. The predicted molar refractivity (Wildman–Crippen MR) is 170 cm³/mol. The van der Waals surface area contributed by atoms with Gasteiger partial charge in [-0.2, -0.15) is 4.57 Å². The summed E-state index contributed by atoms with van der Waals surface area (Å²) in [5, 5.41) is 10.7. The van der Waals surface area contributed by atoms with Crippen molar-refractivity contribution in [3.05, 3.63) is 175 Å². The van der Waals surface area contributed by atoms with Crippen LogP contribution in [0.4, 0.5) is 0 Å². The molecule has 5 aromatic carbocycles. The summed E-state index contributed by atoms with van der Waals surface area (Å²) in [5.41, 5.74) is 5.87. The smallest absolute Gasteiger partial charge is 0.345 e. The highest BCUT2D eigenvalue weighted by molar-refractivity contribution is 5.84. The van der Waals surface area contributed by atoms with Gasteiger partial charge in [-0.3, -0.25) is 0 Å². The third-order valence-corrected chi connectivity index (χ3v) is 7.71. The van der Waals surface area contributed by atoms with E-state index in [4.69, 9.17) is 4.74 Å². The van der Waals surface area contributed by atoms with Crippen LogP contribution in [0.2, 0.25) is 0 Å². The molecule has 0 atom stereocenters. The monoisotopic (exact) mass is 562 g/mol. The molecule has 0 saturated heterocycles. The lowest BCUT2D eigenvalue weighted by atomic mass is 9.86. The molecule has 0 aliphatic heterocycles. The van der Waals surface area contributed by atoms with E-state index in [2.05, 4.69) is 53.1 Å². The summed E-state index contributed by atoms with van der Waals surface area (Å²) in [6.45, 7) is 0.587. The Morgan fingerprint density at radius 2 is 0.907 bits per heavy atom. The average molecular weight is 563 g/mol. The van der Waals surface area contributed by atoms with Crippen molar-refractivity contribution in [3.8, 4) is 33.6 Å². The summed E-state index contributed by atoms with van der Waals surface area (Å²) in [7, 11) is 0. The lowest BCUT2D eigenvalue weighted by Crippen LogP contribution is -2.45. The second kappa shape index (κ2) is 12.7. The normalized spacial score (nSPS) is 11.3. The molecule has 0 saturated carbocycles. The van der Waals surface area contributed by atoms with Gasteiger partial charge < -0.3 is 9.84 Å². The number of carbonyl (C=O) groups is 1. The number of ether oxygens (including phenoxy) is 1. The summed E-state index contributed by atoms with van der Waals surface area (Å²) in [6, 6.07) is 53.7. The second-order valence-corrected chi connectivity index (χ2v) is 10.3. The quantitative estimate of drug-likeness (QED) is 0.172. The maximum Gasteiger partial charge on any atom is 0.345 e. The molecule has 6 rings (SSSR count). The van der Waals surface area contributed by atoms with Gasteiger partial charge in [0.15, 0.2) is 6.54 Å². The first kappa shape index (κ1) is 27.8. The first-order chi connectivity index (χ1) is 21.2. The molecule has 0 bridgehead atoms. The van der Waals surface area contributed by atoms with Crippen LogP contribution < -0.4 is 4.57 Å². The molecular formula is C39H32NO3+. The molecular weight excluding hydrogens is 530 g/mol. The van der Waals surface area contributed by atoms with E-state index in [1.54, 1.807) is 0 Å². The molecule has 0 aliphatic carbocycles. The summed E-state index contributed by atoms with van der Waals surface area (Å²) in [4.78, 5) is 13.1. The van der Waals surface area contributed by atoms with Gasteiger partial charge in [0.1, 0.15) is 6.61 Å². The van der Waals surface area contributed by atoms with Crippen LogP contribution in [0.15, 0.2) is 164 Å². The van der Waals surface area contributed by atoms with Crippen LogP contribution in [0.25, 0.3) is 33.6 Å². The zero-order valence-corrected chi connectivity index (χ0v) is 23.7. The highest BCUT2D eigenvalue weighted by Crippen LogP contribution is 2.35. The molecule has 4 heteroatoms. The minimum atomic E-state index is -1.66. The molecule has 0 amide bonds. The van der Waals surface area contributed by atoms with E-state index in [1.807, 2.05) is 115 Å². The van der Waals surface area contributed by atoms with Crippen molar-refractivity contribution in [2.75, 3.05) is 6.61 Å². The lowest BCUT2D eigenvalue weighted by Gasteiger charge is -2.30. The highest BCUT2D eigenvalue weighted by atomic mass is 16.5. The van der Waals surface area contributed by atoms with E-state index in [-0.39, 0.29) is 6.61 Å². The van der Waals surface area contributed by atoms with E-state index in [0.717, 1.165) is 33.6 Å².